The first kappa shape index (κ1) is 20.1. The van der Waals surface area contributed by atoms with E-state index in [0.29, 0.717) is 11.1 Å². The third kappa shape index (κ3) is 4.29. The molecule has 0 unspecified atom stereocenters. The number of alkyl halides is 2. The van der Waals surface area contributed by atoms with E-state index in [9.17, 15) is 13.6 Å². The number of carbonyl (C=O) groups excluding carboxylic acids is 1. The number of nitrogens with zero attached hydrogens (tertiary/aromatic N) is 3. The summed E-state index contributed by atoms with van der Waals surface area (Å²) in [6.07, 6.45) is 2.76. The summed E-state index contributed by atoms with van der Waals surface area (Å²) in [6, 6.07) is 10.1. The zero-order valence-electron chi connectivity index (χ0n) is 15.7. The molecule has 2 N–H and O–H groups in total. The van der Waals surface area contributed by atoms with Gasteiger partial charge in [0.2, 0.25) is 0 Å². The molecule has 1 aromatic heterocycles. The van der Waals surface area contributed by atoms with Gasteiger partial charge in [-0.3, -0.25) is 9.78 Å². The van der Waals surface area contributed by atoms with E-state index in [1.54, 1.807) is 31.2 Å². The minimum Gasteiger partial charge on any atom is -0.428 e. The molecule has 0 radical (unpaired) electrons. The van der Waals surface area contributed by atoms with Crippen LogP contribution in [0.25, 0.3) is 0 Å². The van der Waals surface area contributed by atoms with Crippen molar-refractivity contribution in [1.82, 2.24) is 4.98 Å². The molecule has 3 rings (SSSR count). The fraction of sp³-hybridized carbons (Fsp3) is 0.238. The Labute approximate surface area is 166 Å². The predicted octanol–water partition coefficient (Wildman–Crippen LogP) is 3.26. The van der Waals surface area contributed by atoms with Crippen LogP contribution in [0.15, 0.2) is 53.4 Å². The summed E-state index contributed by atoms with van der Waals surface area (Å²) in [7, 11) is 0. The molecule has 1 aliphatic rings. The van der Waals surface area contributed by atoms with Crippen molar-refractivity contribution in [3.05, 3.63) is 76.3 Å². The number of nitriles is 1. The van der Waals surface area contributed by atoms with Crippen molar-refractivity contribution >= 4 is 11.8 Å². The molecule has 0 spiro atoms. The minimum absolute atomic E-state index is 0.00365. The van der Waals surface area contributed by atoms with Gasteiger partial charge in [-0.15, -0.1) is 0 Å². The second-order valence-corrected chi connectivity index (χ2v) is 6.72. The number of ketones is 1. The van der Waals surface area contributed by atoms with Gasteiger partial charge in [0.1, 0.15) is 36.4 Å². The van der Waals surface area contributed by atoms with Crippen LogP contribution in [0.5, 0.6) is 0 Å². The molecule has 0 fully saturated rings. The Morgan fingerprint density at radius 1 is 1.31 bits per heavy atom. The van der Waals surface area contributed by atoms with Crippen LogP contribution in [-0.2, 0) is 23.4 Å². The van der Waals surface area contributed by atoms with Crippen molar-refractivity contribution in [3.63, 3.8) is 0 Å². The highest BCUT2D eigenvalue weighted by atomic mass is 19.1. The molecule has 0 saturated carbocycles. The van der Waals surface area contributed by atoms with Crippen LogP contribution < -0.4 is 5.73 Å². The number of hydrogen-bond donors (Lipinski definition) is 1. The zero-order chi connectivity index (χ0) is 21.0. The lowest BCUT2D eigenvalue weighted by Gasteiger charge is -2.27. The Morgan fingerprint density at radius 3 is 2.79 bits per heavy atom. The molecular weight excluding hydrogens is 378 g/mol. The van der Waals surface area contributed by atoms with Crippen LogP contribution >= 0.6 is 0 Å². The number of ether oxygens (including phenoxy) is 1. The lowest BCUT2D eigenvalue weighted by molar-refractivity contribution is 0.0986. The average Bonchev–Trinajstić information content (AvgIpc) is 2.72. The van der Waals surface area contributed by atoms with Crippen molar-refractivity contribution in [2.45, 2.75) is 25.6 Å². The van der Waals surface area contributed by atoms with Crippen molar-refractivity contribution in [3.8, 4) is 6.07 Å². The van der Waals surface area contributed by atoms with E-state index in [2.05, 4.69) is 9.98 Å². The van der Waals surface area contributed by atoms with Gasteiger partial charge in [0, 0.05) is 18.2 Å². The van der Waals surface area contributed by atoms with Crippen LogP contribution in [0.3, 0.4) is 0 Å². The molecule has 1 atom stereocenters. The van der Waals surface area contributed by atoms with E-state index in [4.69, 9.17) is 15.7 Å². The largest absolute Gasteiger partial charge is 0.428 e. The summed E-state index contributed by atoms with van der Waals surface area (Å²) in [5.41, 5.74) is 6.33. The highest BCUT2D eigenvalue weighted by Crippen LogP contribution is 2.32. The minimum atomic E-state index is -0.945. The van der Waals surface area contributed by atoms with Gasteiger partial charge in [-0.05, 0) is 30.2 Å². The number of aromatic nitrogens is 1. The summed E-state index contributed by atoms with van der Waals surface area (Å²) in [5, 5.41) is 8.90. The number of halogens is 2. The average molecular weight is 396 g/mol. The Kier molecular flexibility index (Phi) is 5.69. The molecule has 0 aliphatic carbocycles. The molecule has 29 heavy (non-hydrogen) atoms. The van der Waals surface area contributed by atoms with Gasteiger partial charge in [-0.25, -0.2) is 13.8 Å². The van der Waals surface area contributed by atoms with E-state index < -0.39 is 18.9 Å². The fourth-order valence-electron chi connectivity index (χ4n) is 3.16. The number of Topliss-reactive ketones (excluding diaryl/α,β-unsaturated/α-hetero) is 1. The molecule has 2 aromatic rings. The van der Waals surface area contributed by atoms with E-state index in [0.717, 1.165) is 0 Å². The summed E-state index contributed by atoms with van der Waals surface area (Å²) in [5.74, 6) is -0.310. The number of nitrogens with two attached hydrogens (primary N) is 1. The van der Waals surface area contributed by atoms with Crippen LogP contribution in [0.2, 0.25) is 0 Å². The molecule has 0 saturated heterocycles. The summed E-state index contributed by atoms with van der Waals surface area (Å²) in [4.78, 5) is 20.9. The number of benzene rings is 1. The lowest BCUT2D eigenvalue weighted by atomic mass is 9.89. The molecular formula is C21H18F2N4O2. The second-order valence-electron chi connectivity index (χ2n) is 6.72. The van der Waals surface area contributed by atoms with Gasteiger partial charge in [0.15, 0.2) is 5.78 Å². The van der Waals surface area contributed by atoms with Gasteiger partial charge in [0.05, 0.1) is 5.56 Å². The summed E-state index contributed by atoms with van der Waals surface area (Å²) in [6.45, 7) is 0.0369. The number of rotatable bonds is 6. The Bertz CT molecular complexity index is 1060. The smallest absolute Gasteiger partial charge is 0.288 e. The molecule has 2 heterocycles. The van der Waals surface area contributed by atoms with E-state index in [1.165, 1.54) is 18.3 Å². The molecule has 1 aromatic carbocycles. The molecule has 8 heteroatoms. The number of carbonyl (C=O) groups is 1. The SMILES string of the molecule is C[C@@]1(c2cccc(CC(=O)c3ncc(C#N)cc3CF)c2)C=C(CF)OC(N)=N1. The maximum Gasteiger partial charge on any atom is 0.288 e. The van der Waals surface area contributed by atoms with E-state index >= 15 is 0 Å². The molecule has 6 nitrogen and oxygen atoms in total. The summed E-state index contributed by atoms with van der Waals surface area (Å²) >= 11 is 0. The number of aliphatic imine (C=N–C) groups is 1. The fourth-order valence-corrected chi connectivity index (χ4v) is 3.16. The van der Waals surface area contributed by atoms with Crippen molar-refractivity contribution < 1.29 is 18.3 Å². The number of allylic oxidation sites excluding steroid dienone is 1. The number of amidine groups is 1. The quantitative estimate of drug-likeness (QED) is 0.755. The molecule has 1 aliphatic heterocycles. The molecule has 148 valence electrons. The van der Waals surface area contributed by atoms with Crippen molar-refractivity contribution in [2.75, 3.05) is 6.67 Å². The third-order valence-corrected chi connectivity index (χ3v) is 4.53. The van der Waals surface area contributed by atoms with E-state index in [1.807, 2.05) is 6.07 Å². The Balaban J connectivity index is 1.89. The van der Waals surface area contributed by atoms with Crippen LogP contribution in [0.1, 0.15) is 39.7 Å². The highest BCUT2D eigenvalue weighted by molar-refractivity contribution is 5.97. The lowest BCUT2D eigenvalue weighted by Crippen LogP contribution is -2.30. The summed E-state index contributed by atoms with van der Waals surface area (Å²) < 4.78 is 31.4. The first-order valence-electron chi connectivity index (χ1n) is 8.77. The number of hydrogen-bond acceptors (Lipinski definition) is 6. The van der Waals surface area contributed by atoms with Crippen LogP contribution in [-0.4, -0.2) is 23.5 Å². The van der Waals surface area contributed by atoms with E-state index in [-0.39, 0.29) is 40.8 Å². The molecule has 0 bridgehead atoms. The standard InChI is InChI=1S/C21H18F2N4O2/c1-21(8-17(10-23)29-20(25)27-21)16-4-2-3-13(6-16)7-18(28)19-15(9-22)5-14(11-24)12-26-19/h2-6,8,12H,7,9-10H2,1H3,(H2,25,27)/t21-/m0/s1. The first-order valence-corrected chi connectivity index (χ1v) is 8.77. The van der Waals surface area contributed by atoms with Crippen molar-refractivity contribution in [2.24, 2.45) is 10.7 Å². The Hall–Kier alpha value is -3.60. The monoisotopic (exact) mass is 396 g/mol. The molecule has 0 amide bonds. The van der Waals surface area contributed by atoms with Gasteiger partial charge in [-0.1, -0.05) is 24.3 Å². The third-order valence-electron chi connectivity index (χ3n) is 4.53. The van der Waals surface area contributed by atoms with Crippen LogP contribution in [0, 0.1) is 11.3 Å². The van der Waals surface area contributed by atoms with Gasteiger partial charge in [0.25, 0.3) is 6.02 Å². The van der Waals surface area contributed by atoms with Gasteiger partial charge < -0.3 is 10.5 Å². The topological polar surface area (TPSA) is 101 Å². The van der Waals surface area contributed by atoms with Crippen LogP contribution in [0.4, 0.5) is 8.78 Å². The first-order chi connectivity index (χ1) is 13.9. The van der Waals surface area contributed by atoms with Gasteiger partial charge >= 0.3 is 0 Å². The zero-order valence-corrected chi connectivity index (χ0v) is 15.7. The normalized spacial score (nSPS) is 18.3. The predicted molar refractivity (Wildman–Crippen MR) is 102 cm³/mol. The number of pyridine rings is 1. The maximum atomic E-state index is 13.3. The van der Waals surface area contributed by atoms with Crippen molar-refractivity contribution in [1.29, 1.82) is 5.26 Å². The Morgan fingerprint density at radius 2 is 2.10 bits per heavy atom. The maximum absolute atomic E-state index is 13.3. The van der Waals surface area contributed by atoms with Gasteiger partial charge in [-0.2, -0.15) is 5.26 Å². The second kappa shape index (κ2) is 8.19. The highest BCUT2D eigenvalue weighted by Gasteiger charge is 2.30.